The number of benzene rings is 1. The van der Waals surface area contributed by atoms with E-state index in [4.69, 9.17) is 6.57 Å². The van der Waals surface area contributed by atoms with Gasteiger partial charge in [-0.05, 0) is 36.4 Å². The lowest BCUT2D eigenvalue weighted by Crippen LogP contribution is -1.81. The third-order valence-corrected chi connectivity index (χ3v) is 9.58. The Morgan fingerprint density at radius 3 is 1.95 bits per heavy atom. The van der Waals surface area contributed by atoms with Gasteiger partial charge in [0.25, 0.3) is 0 Å². The zero-order valence-corrected chi connectivity index (χ0v) is 22.7. The van der Waals surface area contributed by atoms with E-state index in [2.05, 4.69) is 53.9 Å². The summed E-state index contributed by atoms with van der Waals surface area (Å²) in [4.78, 5) is 16.3. The van der Waals surface area contributed by atoms with Gasteiger partial charge in [0.1, 0.15) is 27.1 Å². The van der Waals surface area contributed by atoms with Gasteiger partial charge in [-0.25, -0.2) is 9.83 Å². The van der Waals surface area contributed by atoms with Crippen molar-refractivity contribution in [3.63, 3.8) is 0 Å². The predicted molar refractivity (Wildman–Crippen MR) is 156 cm³/mol. The minimum absolute atomic E-state index is 0.538. The second-order valence-corrected chi connectivity index (χ2v) is 12.1. The molecule has 37 heavy (non-hydrogen) atoms. The molecule has 0 amide bonds. The van der Waals surface area contributed by atoms with Gasteiger partial charge >= 0.3 is 0 Å². The first-order valence-electron chi connectivity index (χ1n) is 10.7. The third-order valence-electron chi connectivity index (χ3n) is 5.32. The van der Waals surface area contributed by atoms with Gasteiger partial charge in [0.2, 0.25) is 5.70 Å². The summed E-state index contributed by atoms with van der Waals surface area (Å²) < 4.78 is 9.24. The van der Waals surface area contributed by atoms with Crippen LogP contribution in [0.4, 0.5) is 0 Å². The zero-order valence-electron chi connectivity index (χ0n) is 18.7. The summed E-state index contributed by atoms with van der Waals surface area (Å²) in [6.45, 7) is 7.53. The van der Waals surface area contributed by atoms with Crippen LogP contribution in [-0.2, 0) is 0 Å². The van der Waals surface area contributed by atoms with E-state index < -0.39 is 0 Å². The predicted octanol–water partition coefficient (Wildman–Crippen LogP) is 8.54. The van der Waals surface area contributed by atoms with Gasteiger partial charge < -0.3 is 0 Å². The van der Waals surface area contributed by atoms with Crippen LogP contribution in [0.25, 0.3) is 60.2 Å². The normalized spacial score (nSPS) is 12.1. The molecule has 1 aromatic carbocycles. The minimum Gasteiger partial charge on any atom is -0.257 e. The van der Waals surface area contributed by atoms with Crippen molar-refractivity contribution < 1.29 is 0 Å². The van der Waals surface area contributed by atoms with Crippen molar-refractivity contribution in [1.29, 1.82) is 5.26 Å². The summed E-state index contributed by atoms with van der Waals surface area (Å²) in [6, 6.07) is 14.6. The minimum atomic E-state index is 0.538. The lowest BCUT2D eigenvalue weighted by Gasteiger charge is -2.03. The fourth-order valence-electron chi connectivity index (χ4n) is 3.68. The molecule has 0 saturated heterocycles. The third kappa shape index (κ3) is 4.67. The maximum atomic E-state index is 9.56. The van der Waals surface area contributed by atoms with Crippen LogP contribution >= 0.6 is 57.1 Å². The molecule has 0 aliphatic heterocycles. The van der Waals surface area contributed by atoms with Gasteiger partial charge in [-0.2, -0.15) is 14.0 Å². The summed E-state index contributed by atoms with van der Waals surface area (Å²) in [6.07, 6.45) is 7.17. The number of thiophene rings is 2. The first-order valence-corrected chi connectivity index (χ1v) is 14.8. The van der Waals surface area contributed by atoms with Crippen LogP contribution in [0.3, 0.4) is 0 Å². The molecule has 0 bridgehead atoms. The average molecular weight is 569 g/mol. The maximum absolute atomic E-state index is 9.56. The van der Waals surface area contributed by atoms with E-state index in [9.17, 15) is 5.26 Å². The SMILES string of the molecule is [C-]#[N+]/C(=C\c1ccc(-c2ccc(-c3ccc(/C=C(\C#N)c4nccs4)s3)c3nsnc23)s1)c1nccs1. The van der Waals surface area contributed by atoms with E-state index in [0.29, 0.717) is 16.3 Å². The topological polar surface area (TPSA) is 79.7 Å². The van der Waals surface area contributed by atoms with Crippen LogP contribution in [-0.4, -0.2) is 18.7 Å². The second-order valence-electron chi connectivity index (χ2n) is 7.51. The van der Waals surface area contributed by atoms with Gasteiger partial charge in [-0.1, -0.05) is 12.1 Å². The highest BCUT2D eigenvalue weighted by molar-refractivity contribution is 7.17. The van der Waals surface area contributed by atoms with Gasteiger partial charge in [0, 0.05) is 53.8 Å². The number of fused-ring (bicyclic) bond motifs is 1. The van der Waals surface area contributed by atoms with Gasteiger partial charge in [-0.15, -0.1) is 45.3 Å². The van der Waals surface area contributed by atoms with Gasteiger partial charge in [-0.3, -0.25) is 4.98 Å². The Balaban J connectivity index is 1.34. The number of hydrogen-bond acceptors (Lipinski definition) is 10. The molecule has 0 radical (unpaired) electrons. The first kappa shape index (κ1) is 23.6. The molecule has 6 aromatic rings. The highest BCUT2D eigenvalue weighted by atomic mass is 32.1. The Labute approximate surface area is 232 Å². The number of rotatable bonds is 6. The van der Waals surface area contributed by atoms with Gasteiger partial charge in [0.05, 0.1) is 23.9 Å². The standard InChI is InChI=1S/C26H12N6S5/c1-28-20(26-30-9-11-34-26)13-17-3-7-22(36-17)19-5-4-18(23-24(19)32-37-31-23)21-6-2-16(35-21)12-15(14-27)25-29-8-10-33-25/h2-13H/b15-12+,20-13-. The van der Waals surface area contributed by atoms with Crippen molar-refractivity contribution in [3.8, 4) is 27.0 Å². The molecule has 5 heterocycles. The molecule has 6 rings (SSSR count). The summed E-state index contributed by atoms with van der Waals surface area (Å²) in [5.74, 6) is 0. The van der Waals surface area contributed by atoms with Crippen molar-refractivity contribution in [2.24, 2.45) is 0 Å². The van der Waals surface area contributed by atoms with Crippen LogP contribution in [0.1, 0.15) is 19.8 Å². The monoisotopic (exact) mass is 568 g/mol. The molecule has 0 N–H and O–H groups in total. The van der Waals surface area contributed by atoms with Crippen molar-refractivity contribution in [3.05, 3.63) is 90.7 Å². The van der Waals surface area contributed by atoms with Crippen LogP contribution in [0, 0.1) is 17.9 Å². The van der Waals surface area contributed by atoms with Crippen molar-refractivity contribution in [2.45, 2.75) is 0 Å². The fraction of sp³-hybridized carbons (Fsp3) is 0. The van der Waals surface area contributed by atoms with Crippen molar-refractivity contribution in [1.82, 2.24) is 18.7 Å². The molecule has 176 valence electrons. The fourth-order valence-corrected chi connectivity index (χ4v) is 7.41. The van der Waals surface area contributed by atoms with E-state index in [-0.39, 0.29) is 0 Å². The van der Waals surface area contributed by atoms with Crippen molar-refractivity contribution in [2.75, 3.05) is 0 Å². The summed E-state index contributed by atoms with van der Waals surface area (Å²) in [5.41, 5.74) is 4.84. The average Bonchev–Trinajstić information content (AvgIpc) is 3.75. The quantitative estimate of drug-likeness (QED) is 0.149. The highest BCUT2D eigenvalue weighted by Gasteiger charge is 2.16. The summed E-state index contributed by atoms with van der Waals surface area (Å²) in [7, 11) is 0. The highest BCUT2D eigenvalue weighted by Crippen LogP contribution is 2.40. The number of aromatic nitrogens is 4. The Bertz CT molecular complexity index is 1720. The zero-order chi connectivity index (χ0) is 25.2. The van der Waals surface area contributed by atoms with E-state index in [1.165, 1.54) is 34.4 Å². The molecule has 0 fully saturated rings. The van der Waals surface area contributed by atoms with Crippen molar-refractivity contribution >= 4 is 91.5 Å². The van der Waals surface area contributed by atoms with Crippen LogP contribution in [0.5, 0.6) is 0 Å². The molecular weight excluding hydrogens is 557 g/mol. The Morgan fingerprint density at radius 2 is 1.41 bits per heavy atom. The summed E-state index contributed by atoms with van der Waals surface area (Å²) in [5, 5.41) is 14.7. The lowest BCUT2D eigenvalue weighted by molar-refractivity contribution is 1.38. The Kier molecular flexibility index (Phi) is 6.53. The smallest absolute Gasteiger partial charge is 0.223 e. The molecular formula is C26H12N6S5. The number of nitrogens with zero attached hydrogens (tertiary/aromatic N) is 6. The van der Waals surface area contributed by atoms with E-state index in [1.807, 2.05) is 35.0 Å². The van der Waals surface area contributed by atoms with E-state index >= 15 is 0 Å². The molecule has 0 unspecified atom stereocenters. The Hall–Kier alpha value is -3.84. The molecule has 0 atom stereocenters. The first-order chi connectivity index (χ1) is 18.2. The van der Waals surface area contributed by atoms with Crippen LogP contribution in [0.2, 0.25) is 0 Å². The molecule has 0 aliphatic carbocycles. The number of thiazole rings is 2. The van der Waals surface area contributed by atoms with Crippen LogP contribution in [0.15, 0.2) is 59.6 Å². The number of allylic oxidation sites excluding steroid dienone is 1. The maximum Gasteiger partial charge on any atom is 0.223 e. The van der Waals surface area contributed by atoms with Crippen LogP contribution < -0.4 is 0 Å². The molecule has 5 aromatic heterocycles. The molecule has 0 spiro atoms. The van der Waals surface area contributed by atoms with Gasteiger partial charge in [0.15, 0.2) is 0 Å². The molecule has 11 heteroatoms. The number of nitriles is 1. The molecule has 0 aliphatic rings. The molecule has 6 nitrogen and oxygen atoms in total. The lowest BCUT2D eigenvalue weighted by atomic mass is 10.1. The molecule has 0 saturated carbocycles. The van der Waals surface area contributed by atoms with E-state index in [0.717, 1.165) is 46.7 Å². The van der Waals surface area contributed by atoms with E-state index in [1.54, 1.807) is 35.1 Å². The number of hydrogen-bond donors (Lipinski definition) is 0. The Morgan fingerprint density at radius 1 is 0.811 bits per heavy atom. The summed E-state index contributed by atoms with van der Waals surface area (Å²) >= 11 is 7.33. The second kappa shape index (κ2) is 10.3. The largest absolute Gasteiger partial charge is 0.257 e.